The number of fused-ring (bicyclic) bond motifs is 3. The van der Waals surface area contributed by atoms with Crippen molar-refractivity contribution >= 4 is 43.3 Å². The van der Waals surface area contributed by atoms with Crippen LogP contribution in [0.1, 0.15) is 32.1 Å². The van der Waals surface area contributed by atoms with E-state index in [4.69, 9.17) is 0 Å². The van der Waals surface area contributed by atoms with Gasteiger partial charge in [0.05, 0.1) is 0 Å². The van der Waals surface area contributed by atoms with Crippen LogP contribution in [0.5, 0.6) is 0 Å². The van der Waals surface area contributed by atoms with Crippen molar-refractivity contribution in [1.82, 2.24) is 12.1 Å². The number of halogens is 2. The number of rotatable bonds is 1. The second-order valence-electron chi connectivity index (χ2n) is 6.45. The average molecular weight is 610 g/mol. The number of para-hydroxylation sites is 2. The normalized spacial score (nSPS) is 26.6. The van der Waals surface area contributed by atoms with Crippen LogP contribution in [0.4, 0.5) is 0 Å². The van der Waals surface area contributed by atoms with Gasteiger partial charge in [-0.25, -0.2) is 0 Å². The van der Waals surface area contributed by atoms with Crippen molar-refractivity contribution in [3.63, 3.8) is 0 Å². The van der Waals surface area contributed by atoms with E-state index in [1.165, 1.54) is 46.9 Å². The minimum absolute atomic E-state index is 0.477. The van der Waals surface area contributed by atoms with Gasteiger partial charge in [0.15, 0.2) is 0 Å². The van der Waals surface area contributed by atoms with Gasteiger partial charge in [-0.2, -0.15) is 2.95 Å². The van der Waals surface area contributed by atoms with Gasteiger partial charge in [0.2, 0.25) is 0 Å². The summed E-state index contributed by atoms with van der Waals surface area (Å²) >= 11 is 9.32. The molecule has 22 heavy (non-hydrogen) atoms. The van der Waals surface area contributed by atoms with Gasteiger partial charge in [0.25, 0.3) is 0 Å². The molecule has 2 aliphatic rings. The fraction of sp³-hybridized carbons (Fsp3) is 0.562. The summed E-state index contributed by atoms with van der Waals surface area (Å²) in [6.07, 6.45) is 7.01. The Morgan fingerprint density at radius 1 is 1.09 bits per heavy atom. The first-order chi connectivity index (χ1) is 10.4. The second kappa shape index (κ2) is 6.66. The van der Waals surface area contributed by atoms with Crippen LogP contribution in [-0.4, -0.2) is 17.6 Å². The van der Waals surface area contributed by atoms with Crippen LogP contribution >= 0.6 is 32.3 Å². The molecule has 0 atom stereocenters. The first kappa shape index (κ1) is 17.1. The number of aromatic nitrogens is 2. The Bertz CT molecular complexity index is 685. The van der Waals surface area contributed by atoms with Gasteiger partial charge in [-0.15, -0.1) is 0 Å². The van der Waals surface area contributed by atoms with E-state index < -0.39 is 0 Å². The van der Waals surface area contributed by atoms with Crippen LogP contribution in [0, 0.1) is 9.72 Å². The Morgan fingerprint density at radius 3 is 1.91 bits per heavy atom. The molecule has 4 rings (SSSR count). The van der Waals surface area contributed by atoms with Crippen molar-refractivity contribution < 1.29 is 19.4 Å². The third kappa shape index (κ3) is 2.99. The molecule has 1 heterocycles. The van der Waals surface area contributed by atoms with Gasteiger partial charge in [-0.05, 0) is 38.0 Å². The fourth-order valence-electron chi connectivity index (χ4n) is 3.84. The van der Waals surface area contributed by atoms with Gasteiger partial charge >= 0.3 is 81.7 Å². The third-order valence-electron chi connectivity index (χ3n) is 5.18. The zero-order valence-electron chi connectivity index (χ0n) is 12.8. The molecule has 6 heteroatoms. The van der Waals surface area contributed by atoms with Crippen molar-refractivity contribution in [2.75, 3.05) is 0 Å². The van der Waals surface area contributed by atoms with Crippen molar-refractivity contribution in [2.45, 2.75) is 37.6 Å². The van der Waals surface area contributed by atoms with Gasteiger partial charge in [-0.3, -0.25) is 0 Å². The van der Waals surface area contributed by atoms with E-state index in [1.54, 1.807) is 0 Å². The Kier molecular flexibility index (Phi) is 5.19. The maximum absolute atomic E-state index is 3.50. The summed E-state index contributed by atoms with van der Waals surface area (Å²) in [4.78, 5) is 0. The molecule has 0 unspecified atom stereocenters. The maximum atomic E-state index is 3.50. The van der Waals surface area contributed by atoms with Crippen LogP contribution in [0.2, 0.25) is 0 Å². The summed E-state index contributed by atoms with van der Waals surface area (Å²) in [6, 6.07) is 8.41. The first-order valence-electron chi connectivity index (χ1n) is 7.62. The van der Waals surface area contributed by atoms with Crippen LogP contribution in [0.15, 0.2) is 24.3 Å². The Hall–Kier alpha value is 0.298. The van der Waals surface area contributed by atoms with E-state index in [-0.39, 0.29) is 0 Å². The van der Waals surface area contributed by atoms with E-state index in [9.17, 15) is 0 Å². The molecule has 0 spiro atoms. The van der Waals surface area contributed by atoms with Gasteiger partial charge in [0.1, 0.15) is 0 Å². The number of hydrogen-bond donors (Lipinski definition) is 0. The van der Waals surface area contributed by atoms with E-state index in [2.05, 4.69) is 102 Å². The SMILES string of the molecule is BrN(Br)[C@]12CC[C@@H](CC1)C2.Cn1[c](=[Pt])n(C)c2ccccc21. The molecule has 124 valence electrons. The number of benzene rings is 1. The number of aryl methyl sites for hydroxylation is 2. The van der Waals surface area contributed by atoms with E-state index in [0.717, 1.165) is 5.92 Å². The summed E-state index contributed by atoms with van der Waals surface area (Å²) in [5.74, 6) is 1.03. The second-order valence-corrected chi connectivity index (χ2v) is 9.84. The van der Waals surface area contributed by atoms with Crippen LogP contribution < -0.4 is 0 Å². The predicted molar refractivity (Wildman–Crippen MR) is 94.1 cm³/mol. The summed E-state index contributed by atoms with van der Waals surface area (Å²) in [6.45, 7) is 0. The quantitative estimate of drug-likeness (QED) is 0.422. The van der Waals surface area contributed by atoms with Crippen LogP contribution in [-0.2, 0) is 33.4 Å². The minimum atomic E-state index is 0.477. The molecule has 2 bridgehead atoms. The zero-order chi connectivity index (χ0) is 15.9. The molecule has 1 aromatic carbocycles. The molecule has 0 saturated heterocycles. The zero-order valence-corrected chi connectivity index (χ0v) is 18.3. The molecule has 2 aromatic rings. The predicted octanol–water partition coefficient (Wildman–Crippen LogP) is 4.84. The average Bonchev–Trinajstić information content (AvgIpc) is 3.20. The monoisotopic (exact) mass is 608 g/mol. The Morgan fingerprint density at radius 2 is 1.59 bits per heavy atom. The first-order valence-corrected chi connectivity index (χ1v) is 10.2. The Labute approximate surface area is 159 Å². The van der Waals surface area contributed by atoms with Crippen molar-refractivity contribution in [3.05, 3.63) is 28.1 Å². The molecule has 2 fully saturated rings. The van der Waals surface area contributed by atoms with E-state index in [1.807, 2.05) is 0 Å². The van der Waals surface area contributed by atoms with Gasteiger partial charge in [0, 0.05) is 37.8 Å². The van der Waals surface area contributed by atoms with Crippen molar-refractivity contribution in [2.24, 2.45) is 20.0 Å². The van der Waals surface area contributed by atoms with Crippen molar-refractivity contribution in [1.29, 1.82) is 0 Å². The molecule has 0 amide bonds. The van der Waals surface area contributed by atoms with Crippen LogP contribution in [0.3, 0.4) is 0 Å². The molecule has 0 radical (unpaired) electrons. The number of imidazole rings is 1. The molecule has 0 aliphatic heterocycles. The molecule has 2 saturated carbocycles. The third-order valence-corrected chi connectivity index (χ3v) is 8.21. The van der Waals surface area contributed by atoms with Crippen LogP contribution in [0.25, 0.3) is 11.0 Å². The number of hydrogen-bond acceptors (Lipinski definition) is 1. The summed E-state index contributed by atoms with van der Waals surface area (Å²) in [5, 5.41) is 0. The standard InChI is InChI=1S/C9H10N2.C7H11Br2N.Pt/c1-10-7-11(2)9-6-4-3-5-8(9)10;8-10(9)7-3-1-6(5-7)2-4-7;/h3-6H,1-2H3;6H,1-5H2;/t;6-,7+;. The molecule has 3 nitrogen and oxygen atoms in total. The molecule has 1 aromatic heterocycles. The number of nitrogens with zero attached hydrogens (tertiary/aromatic N) is 3. The molecule has 0 N–H and O–H groups in total. The topological polar surface area (TPSA) is 13.1 Å². The van der Waals surface area contributed by atoms with Gasteiger partial charge in [-0.1, -0.05) is 0 Å². The van der Waals surface area contributed by atoms with Crippen molar-refractivity contribution in [3.8, 4) is 0 Å². The summed E-state index contributed by atoms with van der Waals surface area (Å²) in [7, 11) is 4.18. The molecular formula is C16H21Br2N3Pt. The summed E-state index contributed by atoms with van der Waals surface area (Å²) < 4.78 is 7.71. The molecule has 2 aliphatic carbocycles. The summed E-state index contributed by atoms with van der Waals surface area (Å²) in [5.41, 5.74) is 3.04. The molecular weight excluding hydrogens is 589 g/mol. The Balaban J connectivity index is 0.000000133. The van der Waals surface area contributed by atoms with Gasteiger partial charge < -0.3 is 0 Å². The van der Waals surface area contributed by atoms with E-state index >= 15 is 0 Å². The van der Waals surface area contributed by atoms with E-state index in [0.29, 0.717) is 5.54 Å². The fourth-order valence-corrected chi connectivity index (χ4v) is 5.39.